The Hall–Kier alpha value is -1.99. The van der Waals surface area contributed by atoms with E-state index in [-0.39, 0.29) is 48.7 Å². The van der Waals surface area contributed by atoms with Crippen molar-refractivity contribution in [3.05, 3.63) is 73.5 Å². The van der Waals surface area contributed by atoms with Gasteiger partial charge in [0.1, 0.15) is 24.1 Å². The summed E-state index contributed by atoms with van der Waals surface area (Å²) < 4.78 is 30.5. The second-order valence-corrected chi connectivity index (χ2v) is 10.9. The molecule has 13 heteroatoms. The Kier molecular flexibility index (Phi) is 8.48. The summed E-state index contributed by atoms with van der Waals surface area (Å²) in [6.45, 7) is 0.295. The molecule has 3 aromatic rings. The van der Waals surface area contributed by atoms with Crippen molar-refractivity contribution in [2.24, 2.45) is 11.1 Å². The van der Waals surface area contributed by atoms with Gasteiger partial charge in [-0.3, -0.25) is 8.98 Å². The maximum atomic E-state index is 14.4. The van der Waals surface area contributed by atoms with Gasteiger partial charge in [0.15, 0.2) is 0 Å². The van der Waals surface area contributed by atoms with Gasteiger partial charge in [-0.05, 0) is 37.3 Å². The third-order valence-corrected chi connectivity index (χ3v) is 7.81. The number of thiophene rings is 1. The number of carbonyl (C=O) groups excluding carboxylic acids is 1. The first kappa shape index (κ1) is 26.1. The number of nitrogens with one attached hydrogen (secondary N) is 1. The van der Waals surface area contributed by atoms with Crippen LogP contribution in [0.25, 0.3) is 0 Å². The molecule has 4 rings (SSSR count). The minimum atomic E-state index is -1.80. The zero-order chi connectivity index (χ0) is 25.1. The molecule has 1 aromatic carbocycles. The van der Waals surface area contributed by atoms with Gasteiger partial charge in [0.25, 0.3) is 0 Å². The van der Waals surface area contributed by atoms with Crippen LogP contribution in [0.1, 0.15) is 51.7 Å². The summed E-state index contributed by atoms with van der Waals surface area (Å²) >= 11 is 11.3. The topological polar surface area (TPSA) is 127 Å². The zero-order valence-electron chi connectivity index (χ0n) is 18.1. The fourth-order valence-electron chi connectivity index (χ4n) is 4.04. The van der Waals surface area contributed by atoms with Crippen molar-refractivity contribution in [3.8, 4) is 0 Å². The Balaban J connectivity index is 1.52. The molecule has 0 radical (unpaired) electrons. The molecule has 4 unspecified atom stereocenters. The van der Waals surface area contributed by atoms with E-state index in [9.17, 15) is 18.5 Å². The number of rotatable bonds is 9. The fourth-order valence-corrected chi connectivity index (χ4v) is 5.82. The summed E-state index contributed by atoms with van der Waals surface area (Å²) in [5.74, 6) is -0.585. The van der Waals surface area contributed by atoms with Crippen molar-refractivity contribution in [3.63, 3.8) is 0 Å². The molecule has 0 bridgehead atoms. The highest BCUT2D eigenvalue weighted by Gasteiger charge is 2.28. The number of benzene rings is 1. The van der Waals surface area contributed by atoms with Gasteiger partial charge >= 0.3 is 0 Å². The monoisotopic (exact) mass is 558 g/mol. The van der Waals surface area contributed by atoms with Gasteiger partial charge in [-0.25, -0.2) is 23.7 Å². The van der Waals surface area contributed by atoms with Crippen LogP contribution in [-0.4, -0.2) is 37.7 Å². The smallest absolute Gasteiger partial charge is 0.231 e. The molecule has 1 saturated carbocycles. The Labute approximate surface area is 217 Å². The number of anilines is 1. The van der Waals surface area contributed by atoms with Crippen molar-refractivity contribution >= 4 is 57.4 Å². The van der Waals surface area contributed by atoms with Crippen molar-refractivity contribution in [2.45, 2.75) is 31.4 Å². The maximum absolute atomic E-state index is 14.4. The first-order valence-corrected chi connectivity index (χ1v) is 13.3. The van der Waals surface area contributed by atoms with Crippen molar-refractivity contribution < 1.29 is 22.7 Å². The van der Waals surface area contributed by atoms with Crippen LogP contribution in [0.5, 0.6) is 0 Å². The van der Waals surface area contributed by atoms with E-state index >= 15 is 0 Å². The predicted octanol–water partition coefficient (Wildman–Crippen LogP) is 4.43. The van der Waals surface area contributed by atoms with Crippen LogP contribution in [0.15, 0.2) is 36.8 Å². The highest BCUT2D eigenvalue weighted by atomic mass is 35.5. The van der Waals surface area contributed by atoms with Crippen molar-refractivity contribution in [1.82, 2.24) is 9.97 Å². The molecular formula is C22H21Cl2FN4O4S2. The fraction of sp³-hybridized carbons (Fsp3) is 0.318. The van der Waals surface area contributed by atoms with Crippen LogP contribution in [0, 0.1) is 11.7 Å². The predicted molar refractivity (Wildman–Crippen MR) is 133 cm³/mol. The Bertz CT molecular complexity index is 1260. The molecule has 1 aliphatic carbocycles. The second kappa shape index (κ2) is 11.4. The minimum Gasteiger partial charge on any atom is -0.383 e. The van der Waals surface area contributed by atoms with Gasteiger partial charge in [-0.15, -0.1) is 11.3 Å². The number of nitrogens with two attached hydrogens (primary N) is 1. The molecule has 4 atom stereocenters. The quantitative estimate of drug-likeness (QED) is 0.331. The number of hydrogen-bond acceptors (Lipinski definition) is 8. The van der Waals surface area contributed by atoms with Gasteiger partial charge in [-0.1, -0.05) is 35.3 Å². The van der Waals surface area contributed by atoms with Crippen LogP contribution in [0.4, 0.5) is 10.2 Å². The first-order chi connectivity index (χ1) is 16.7. The average molecular weight is 559 g/mol. The van der Waals surface area contributed by atoms with Gasteiger partial charge in [0.05, 0.1) is 26.4 Å². The van der Waals surface area contributed by atoms with E-state index in [0.717, 1.165) is 30.6 Å². The number of aliphatic hydroxyl groups is 1. The molecule has 186 valence electrons. The molecule has 0 aliphatic heterocycles. The minimum absolute atomic E-state index is 0.0337. The molecule has 4 N–H and O–H groups in total. The summed E-state index contributed by atoms with van der Waals surface area (Å²) in [6, 6.07) is 5.77. The van der Waals surface area contributed by atoms with Gasteiger partial charge in [-0.2, -0.15) is 0 Å². The molecule has 0 spiro atoms. The van der Waals surface area contributed by atoms with E-state index in [4.69, 9.17) is 32.5 Å². The lowest BCUT2D eigenvalue weighted by atomic mass is 10.0. The Morgan fingerprint density at radius 3 is 2.94 bits per heavy atom. The summed E-state index contributed by atoms with van der Waals surface area (Å²) in [5.41, 5.74) is 0.395. The third kappa shape index (κ3) is 6.05. The lowest BCUT2D eigenvalue weighted by Crippen LogP contribution is -2.20. The van der Waals surface area contributed by atoms with Crippen LogP contribution in [0.2, 0.25) is 9.36 Å². The normalized spacial score (nSPS) is 19.5. The number of nitrogens with zero attached hydrogens (tertiary/aromatic N) is 2. The summed E-state index contributed by atoms with van der Waals surface area (Å²) in [7, 11) is 0. The zero-order valence-corrected chi connectivity index (χ0v) is 21.3. The number of hydrogen-bond donors (Lipinski definition) is 3. The second-order valence-electron chi connectivity index (χ2n) is 8.06. The molecule has 8 nitrogen and oxygen atoms in total. The SMILES string of the molecule is NS(=O)OCC1CCC(Nc2ncncc2C(=O)c2cc(C(O)c3cccc(Cl)c3F)c(Cl)s2)C1. The Morgan fingerprint density at radius 1 is 1.37 bits per heavy atom. The van der Waals surface area contributed by atoms with Gasteiger partial charge in [0.2, 0.25) is 17.0 Å². The molecule has 0 amide bonds. The molecule has 2 aromatic heterocycles. The lowest BCUT2D eigenvalue weighted by molar-refractivity contribution is 0.104. The first-order valence-electron chi connectivity index (χ1n) is 10.6. The lowest BCUT2D eigenvalue weighted by Gasteiger charge is -2.15. The molecular weight excluding hydrogens is 538 g/mol. The van der Waals surface area contributed by atoms with E-state index in [1.54, 1.807) is 0 Å². The highest BCUT2D eigenvalue weighted by molar-refractivity contribution is 7.77. The van der Waals surface area contributed by atoms with Gasteiger partial charge in [0, 0.05) is 23.4 Å². The molecule has 1 aliphatic rings. The van der Waals surface area contributed by atoms with Gasteiger partial charge < -0.3 is 10.4 Å². The summed E-state index contributed by atoms with van der Waals surface area (Å²) in [5, 5.41) is 19.0. The van der Waals surface area contributed by atoms with E-state index in [0.29, 0.717) is 12.4 Å². The number of ketones is 1. The van der Waals surface area contributed by atoms with E-state index in [1.807, 2.05) is 0 Å². The molecule has 35 heavy (non-hydrogen) atoms. The van der Waals surface area contributed by atoms with Crippen LogP contribution in [-0.2, 0) is 15.4 Å². The molecule has 2 heterocycles. The largest absolute Gasteiger partial charge is 0.383 e. The van der Waals surface area contributed by atoms with E-state index < -0.39 is 23.2 Å². The average Bonchev–Trinajstić information content (AvgIpc) is 3.45. The number of carbonyl (C=O) groups is 1. The molecule has 1 fully saturated rings. The number of halogens is 3. The number of aliphatic hydroxyl groups excluding tert-OH is 1. The molecule has 0 saturated heterocycles. The third-order valence-electron chi connectivity index (χ3n) is 5.77. The van der Waals surface area contributed by atoms with Crippen molar-refractivity contribution in [1.29, 1.82) is 0 Å². The Morgan fingerprint density at radius 2 is 2.17 bits per heavy atom. The maximum Gasteiger partial charge on any atom is 0.231 e. The number of aromatic nitrogens is 2. The van der Waals surface area contributed by atoms with Crippen LogP contribution in [0.3, 0.4) is 0 Å². The standard InChI is InChI=1S/C22H21Cl2FN4O4S2/c23-16-3-1-2-13(18(16)25)19(30)14-7-17(34-21(14)24)20(31)15-8-27-10-28-22(15)29-12-5-4-11(6-12)9-33-35(26)32/h1-3,7-8,10-12,19,30H,4-6,9,26H2,(H,27,28,29). The van der Waals surface area contributed by atoms with E-state index in [1.165, 1.54) is 36.8 Å². The van der Waals surface area contributed by atoms with Crippen LogP contribution < -0.4 is 10.5 Å². The summed E-state index contributed by atoms with van der Waals surface area (Å²) in [6.07, 6.45) is 3.75. The highest BCUT2D eigenvalue weighted by Crippen LogP contribution is 2.38. The van der Waals surface area contributed by atoms with Crippen molar-refractivity contribution in [2.75, 3.05) is 11.9 Å². The van der Waals surface area contributed by atoms with Crippen LogP contribution >= 0.6 is 34.5 Å². The van der Waals surface area contributed by atoms with E-state index in [2.05, 4.69) is 15.3 Å². The summed E-state index contributed by atoms with van der Waals surface area (Å²) in [4.78, 5) is 21.8.